The molecule has 1 aromatic carbocycles. The molecule has 1 heterocycles. The number of halogens is 1. The topological polar surface area (TPSA) is 41.9 Å². The molecule has 1 aliphatic heterocycles. The van der Waals surface area contributed by atoms with E-state index in [1.807, 2.05) is 44.2 Å². The maximum Gasteiger partial charge on any atom is 0.243 e. The van der Waals surface area contributed by atoms with Crippen LogP contribution in [0, 0.1) is 0 Å². The van der Waals surface area contributed by atoms with Crippen LogP contribution in [0.5, 0.6) is 5.75 Å². The quantitative estimate of drug-likeness (QED) is 0.781. The number of rotatable bonds is 5. The van der Waals surface area contributed by atoms with Crippen LogP contribution in [-0.2, 0) is 4.79 Å². The van der Waals surface area contributed by atoms with E-state index in [2.05, 4.69) is 5.10 Å². The summed E-state index contributed by atoms with van der Waals surface area (Å²) in [6.45, 7) is 4.44. The Labute approximate surface area is 124 Å². The zero-order chi connectivity index (χ0) is 14.6. The summed E-state index contributed by atoms with van der Waals surface area (Å²) in [4.78, 5) is 12.1. The number of hydrogen-bond acceptors (Lipinski definition) is 3. The van der Waals surface area contributed by atoms with Crippen LogP contribution in [0.1, 0.15) is 33.1 Å². The first-order valence-corrected chi connectivity index (χ1v) is 7.11. The van der Waals surface area contributed by atoms with E-state index in [-0.39, 0.29) is 11.4 Å². The van der Waals surface area contributed by atoms with E-state index in [0.29, 0.717) is 31.0 Å². The molecule has 5 heteroatoms. The predicted octanol–water partition coefficient (Wildman–Crippen LogP) is 3.41. The number of para-hydroxylation sites is 1. The van der Waals surface area contributed by atoms with Gasteiger partial charge in [-0.05, 0) is 32.4 Å². The van der Waals surface area contributed by atoms with E-state index in [1.54, 1.807) is 0 Å². The Bertz CT molecular complexity index is 500. The van der Waals surface area contributed by atoms with E-state index in [0.717, 1.165) is 5.75 Å². The average molecular weight is 295 g/mol. The second-order valence-corrected chi connectivity index (χ2v) is 5.87. The molecule has 20 heavy (non-hydrogen) atoms. The Morgan fingerprint density at radius 3 is 2.70 bits per heavy atom. The first-order valence-electron chi connectivity index (χ1n) is 6.73. The fourth-order valence-electron chi connectivity index (χ4n) is 2.14. The van der Waals surface area contributed by atoms with Crippen LogP contribution in [-0.4, -0.2) is 28.2 Å². The third kappa shape index (κ3) is 3.73. The number of carbonyl (C=O) groups is 1. The van der Waals surface area contributed by atoms with Crippen molar-refractivity contribution < 1.29 is 9.53 Å². The minimum atomic E-state index is -0.325. The van der Waals surface area contributed by atoms with Crippen molar-refractivity contribution >= 4 is 22.7 Å². The van der Waals surface area contributed by atoms with Crippen molar-refractivity contribution in [3.8, 4) is 5.75 Å². The maximum absolute atomic E-state index is 12.1. The predicted molar refractivity (Wildman–Crippen MR) is 80.0 cm³/mol. The highest BCUT2D eigenvalue weighted by atomic mass is 35.5. The standard InChI is InChI=1S/C15H19ClN2O2/c1-15(2)11-13(16)17-18(15)14(19)9-6-10-20-12-7-4-3-5-8-12/h3-5,7-8H,6,9-11H2,1-2H3. The third-order valence-electron chi connectivity index (χ3n) is 3.14. The molecule has 0 bridgehead atoms. The molecule has 0 atom stereocenters. The summed E-state index contributed by atoms with van der Waals surface area (Å²) in [5, 5.41) is 6.09. The summed E-state index contributed by atoms with van der Waals surface area (Å²) in [5.74, 6) is 0.810. The van der Waals surface area contributed by atoms with Gasteiger partial charge in [0.2, 0.25) is 5.91 Å². The van der Waals surface area contributed by atoms with Crippen LogP contribution in [0.3, 0.4) is 0 Å². The molecule has 0 unspecified atom stereocenters. The molecule has 0 spiro atoms. The second-order valence-electron chi connectivity index (χ2n) is 5.44. The number of nitrogens with zero attached hydrogens (tertiary/aromatic N) is 2. The molecule has 2 rings (SSSR count). The van der Waals surface area contributed by atoms with Gasteiger partial charge in [-0.25, -0.2) is 5.01 Å². The Morgan fingerprint density at radius 1 is 1.40 bits per heavy atom. The number of ether oxygens (including phenoxy) is 1. The smallest absolute Gasteiger partial charge is 0.243 e. The molecule has 0 saturated heterocycles. The lowest BCUT2D eigenvalue weighted by Gasteiger charge is -2.28. The second kappa shape index (κ2) is 6.27. The SMILES string of the molecule is CC1(C)CC(Cl)=NN1C(=O)CCCOc1ccccc1. The Kier molecular flexibility index (Phi) is 4.65. The van der Waals surface area contributed by atoms with Gasteiger partial charge in [0.25, 0.3) is 0 Å². The molecule has 108 valence electrons. The van der Waals surface area contributed by atoms with Crippen molar-refractivity contribution in [2.45, 2.75) is 38.6 Å². The van der Waals surface area contributed by atoms with Crippen molar-refractivity contribution in [1.82, 2.24) is 5.01 Å². The van der Waals surface area contributed by atoms with Crippen LogP contribution >= 0.6 is 11.6 Å². The highest BCUT2D eigenvalue weighted by Crippen LogP contribution is 2.28. The molecular weight excluding hydrogens is 276 g/mol. The highest BCUT2D eigenvalue weighted by molar-refractivity contribution is 6.65. The molecular formula is C15H19ClN2O2. The van der Waals surface area contributed by atoms with E-state index in [9.17, 15) is 4.79 Å². The summed E-state index contributed by atoms with van der Waals surface area (Å²) < 4.78 is 5.56. The monoisotopic (exact) mass is 294 g/mol. The lowest BCUT2D eigenvalue weighted by Crippen LogP contribution is -2.40. The lowest BCUT2D eigenvalue weighted by atomic mass is 10.0. The molecule has 1 aromatic rings. The van der Waals surface area contributed by atoms with Gasteiger partial charge in [-0.15, -0.1) is 0 Å². The minimum Gasteiger partial charge on any atom is -0.494 e. The van der Waals surface area contributed by atoms with Gasteiger partial charge in [-0.2, -0.15) is 5.10 Å². The molecule has 0 N–H and O–H groups in total. The van der Waals surface area contributed by atoms with E-state index in [1.165, 1.54) is 5.01 Å². The molecule has 0 fully saturated rings. The van der Waals surface area contributed by atoms with Gasteiger partial charge >= 0.3 is 0 Å². The minimum absolute atomic E-state index is 0.0117. The van der Waals surface area contributed by atoms with Gasteiger partial charge in [0.1, 0.15) is 10.9 Å². The first kappa shape index (κ1) is 14.9. The van der Waals surface area contributed by atoms with Crippen molar-refractivity contribution in [3.05, 3.63) is 30.3 Å². The molecule has 1 amide bonds. The van der Waals surface area contributed by atoms with Crippen LogP contribution in [0.2, 0.25) is 0 Å². The highest BCUT2D eigenvalue weighted by Gasteiger charge is 2.37. The number of amides is 1. The van der Waals surface area contributed by atoms with Crippen molar-refractivity contribution in [1.29, 1.82) is 0 Å². The molecule has 0 radical (unpaired) electrons. The van der Waals surface area contributed by atoms with Crippen molar-refractivity contribution in [2.24, 2.45) is 5.10 Å². The van der Waals surface area contributed by atoms with E-state index >= 15 is 0 Å². The van der Waals surface area contributed by atoms with Gasteiger partial charge in [-0.3, -0.25) is 4.79 Å². The summed E-state index contributed by atoms with van der Waals surface area (Å²) >= 11 is 5.91. The summed E-state index contributed by atoms with van der Waals surface area (Å²) in [7, 11) is 0. The van der Waals surface area contributed by atoms with Crippen LogP contribution in [0.25, 0.3) is 0 Å². The number of carbonyl (C=O) groups excluding carboxylic acids is 1. The molecule has 0 aromatic heterocycles. The number of hydrazone groups is 1. The third-order valence-corrected chi connectivity index (χ3v) is 3.35. The van der Waals surface area contributed by atoms with Gasteiger partial charge < -0.3 is 4.74 Å². The molecule has 4 nitrogen and oxygen atoms in total. The number of benzene rings is 1. The first-order chi connectivity index (χ1) is 9.49. The van der Waals surface area contributed by atoms with Crippen molar-refractivity contribution in [2.75, 3.05) is 6.61 Å². The van der Waals surface area contributed by atoms with E-state index in [4.69, 9.17) is 16.3 Å². The van der Waals surface area contributed by atoms with Crippen LogP contribution in [0.4, 0.5) is 0 Å². The summed E-state index contributed by atoms with van der Waals surface area (Å²) in [6, 6.07) is 9.58. The van der Waals surface area contributed by atoms with Gasteiger partial charge in [-0.1, -0.05) is 29.8 Å². The Balaban J connectivity index is 1.76. The Morgan fingerprint density at radius 2 is 2.10 bits per heavy atom. The fraction of sp³-hybridized carbons (Fsp3) is 0.467. The zero-order valence-electron chi connectivity index (χ0n) is 11.8. The maximum atomic E-state index is 12.1. The largest absolute Gasteiger partial charge is 0.494 e. The molecule has 0 saturated carbocycles. The van der Waals surface area contributed by atoms with Crippen LogP contribution in [0.15, 0.2) is 35.4 Å². The molecule has 1 aliphatic rings. The Hall–Kier alpha value is -1.55. The zero-order valence-corrected chi connectivity index (χ0v) is 12.6. The lowest BCUT2D eigenvalue weighted by molar-refractivity contribution is -0.135. The summed E-state index contributed by atoms with van der Waals surface area (Å²) in [5.41, 5.74) is -0.325. The molecule has 0 aliphatic carbocycles. The van der Waals surface area contributed by atoms with Gasteiger partial charge in [0, 0.05) is 12.8 Å². The van der Waals surface area contributed by atoms with Gasteiger partial charge in [0.05, 0.1) is 12.1 Å². The fourth-order valence-corrected chi connectivity index (χ4v) is 2.54. The number of hydrogen-bond donors (Lipinski definition) is 0. The summed E-state index contributed by atoms with van der Waals surface area (Å²) in [6.07, 6.45) is 1.68. The van der Waals surface area contributed by atoms with E-state index < -0.39 is 0 Å². The van der Waals surface area contributed by atoms with Gasteiger partial charge in [0.15, 0.2) is 0 Å². The van der Waals surface area contributed by atoms with Crippen molar-refractivity contribution in [3.63, 3.8) is 0 Å². The van der Waals surface area contributed by atoms with Crippen LogP contribution < -0.4 is 4.74 Å². The average Bonchev–Trinajstić information content (AvgIpc) is 2.69. The normalized spacial score (nSPS) is 16.9.